The van der Waals surface area contributed by atoms with Gasteiger partial charge in [0.15, 0.2) is 0 Å². The molecule has 0 spiro atoms. The van der Waals surface area contributed by atoms with Crippen LogP contribution in [-0.4, -0.2) is 75.2 Å². The van der Waals surface area contributed by atoms with Crippen LogP contribution < -0.4 is 5.32 Å². The quantitative estimate of drug-likeness (QED) is 0.676. The molecule has 0 amide bonds. The smallest absolute Gasteiger partial charge is 0.322 e. The van der Waals surface area contributed by atoms with Gasteiger partial charge in [-0.05, 0) is 71.8 Å². The predicted octanol–water partition coefficient (Wildman–Crippen LogP) is 0.944. The number of nitrogens with zero attached hydrogens (tertiary/aromatic N) is 2. The molecule has 1 unspecified atom stereocenters. The first kappa shape index (κ1) is 16.7. The molecule has 2 rings (SSSR count). The second-order valence-electron chi connectivity index (χ2n) is 6.81. The summed E-state index contributed by atoms with van der Waals surface area (Å²) in [4.78, 5) is 16.6. The number of ether oxygens (including phenoxy) is 1. The van der Waals surface area contributed by atoms with Crippen molar-refractivity contribution in [3.8, 4) is 0 Å². The van der Waals surface area contributed by atoms with Crippen LogP contribution in [0.25, 0.3) is 0 Å². The number of likely N-dealkylation sites (tertiary alicyclic amines) is 1. The molecule has 1 heterocycles. The fraction of sp³-hybridized carbons (Fsp3) is 0.938. The normalized spacial score (nSPS) is 22.5. The molecule has 0 bridgehead atoms. The molecule has 122 valence electrons. The zero-order valence-electron chi connectivity index (χ0n) is 13.8. The van der Waals surface area contributed by atoms with Crippen molar-refractivity contribution >= 4 is 5.97 Å². The van der Waals surface area contributed by atoms with Crippen molar-refractivity contribution in [3.05, 3.63) is 0 Å². The molecule has 0 radical (unpaired) electrons. The molecule has 1 aliphatic heterocycles. The Morgan fingerprint density at radius 1 is 1.33 bits per heavy atom. The molecule has 1 aliphatic carbocycles. The van der Waals surface area contributed by atoms with Crippen LogP contribution in [0.3, 0.4) is 0 Å². The summed E-state index contributed by atoms with van der Waals surface area (Å²) in [5, 5.41) is 3.40. The zero-order chi connectivity index (χ0) is 15.2. The van der Waals surface area contributed by atoms with Crippen LogP contribution in [0.1, 0.15) is 32.1 Å². The van der Waals surface area contributed by atoms with Crippen molar-refractivity contribution in [1.82, 2.24) is 15.1 Å². The van der Waals surface area contributed by atoms with Gasteiger partial charge in [0.1, 0.15) is 6.04 Å². The van der Waals surface area contributed by atoms with Gasteiger partial charge in [-0.2, -0.15) is 0 Å². The van der Waals surface area contributed by atoms with Crippen molar-refractivity contribution < 1.29 is 9.53 Å². The fourth-order valence-electron chi connectivity index (χ4n) is 3.07. The number of methoxy groups -OCH3 is 1. The van der Waals surface area contributed by atoms with Gasteiger partial charge in [0.2, 0.25) is 0 Å². The minimum Gasteiger partial charge on any atom is -0.468 e. The molecule has 1 saturated heterocycles. The van der Waals surface area contributed by atoms with Crippen LogP contribution >= 0.6 is 0 Å². The Balaban J connectivity index is 1.68. The highest BCUT2D eigenvalue weighted by Crippen LogP contribution is 2.21. The summed E-state index contributed by atoms with van der Waals surface area (Å²) < 4.78 is 4.91. The molecule has 1 saturated carbocycles. The number of carbonyl (C=O) groups is 1. The summed E-state index contributed by atoms with van der Waals surface area (Å²) in [6.07, 6.45) is 5.81. The Morgan fingerprint density at radius 3 is 2.57 bits per heavy atom. The maximum Gasteiger partial charge on any atom is 0.322 e. The molecule has 21 heavy (non-hydrogen) atoms. The first-order valence-electron chi connectivity index (χ1n) is 8.29. The van der Waals surface area contributed by atoms with Gasteiger partial charge in [-0.3, -0.25) is 4.79 Å². The van der Waals surface area contributed by atoms with E-state index in [4.69, 9.17) is 4.74 Å². The predicted molar refractivity (Wildman–Crippen MR) is 84.3 cm³/mol. The summed E-state index contributed by atoms with van der Waals surface area (Å²) in [7, 11) is 5.85. The van der Waals surface area contributed by atoms with E-state index in [0.29, 0.717) is 6.04 Å². The zero-order valence-corrected chi connectivity index (χ0v) is 13.8. The third-order valence-corrected chi connectivity index (χ3v) is 4.71. The average molecular weight is 297 g/mol. The van der Waals surface area contributed by atoms with Crippen LogP contribution in [-0.2, 0) is 9.53 Å². The Hall–Kier alpha value is -0.650. The Bertz CT molecular complexity index is 325. The van der Waals surface area contributed by atoms with Gasteiger partial charge in [0.25, 0.3) is 0 Å². The fourth-order valence-corrected chi connectivity index (χ4v) is 3.07. The molecule has 2 aliphatic rings. The minimum absolute atomic E-state index is 0.116. The highest BCUT2D eigenvalue weighted by atomic mass is 16.5. The molecule has 0 aromatic rings. The number of hydrogen-bond donors (Lipinski definition) is 1. The van der Waals surface area contributed by atoms with Gasteiger partial charge < -0.3 is 19.9 Å². The van der Waals surface area contributed by atoms with Crippen LogP contribution in [0.2, 0.25) is 0 Å². The third kappa shape index (κ3) is 5.93. The van der Waals surface area contributed by atoms with Gasteiger partial charge in [-0.1, -0.05) is 0 Å². The lowest BCUT2D eigenvalue weighted by molar-refractivity contribution is -0.143. The van der Waals surface area contributed by atoms with E-state index in [1.807, 2.05) is 0 Å². The Kier molecular flexibility index (Phi) is 6.45. The van der Waals surface area contributed by atoms with Gasteiger partial charge in [0, 0.05) is 12.6 Å². The van der Waals surface area contributed by atoms with E-state index < -0.39 is 0 Å². The van der Waals surface area contributed by atoms with Crippen molar-refractivity contribution in [2.24, 2.45) is 5.92 Å². The highest BCUT2D eigenvalue weighted by molar-refractivity contribution is 5.75. The van der Waals surface area contributed by atoms with Crippen molar-refractivity contribution in [1.29, 1.82) is 0 Å². The largest absolute Gasteiger partial charge is 0.468 e. The number of esters is 1. The minimum atomic E-state index is -0.137. The number of hydrogen-bond acceptors (Lipinski definition) is 5. The van der Waals surface area contributed by atoms with Gasteiger partial charge in [0.05, 0.1) is 7.11 Å². The molecular weight excluding hydrogens is 266 g/mol. The molecule has 1 atom stereocenters. The SMILES string of the molecule is COC(=O)C(CCN(C)CC1CCN(C)CC1)NC1CC1. The van der Waals surface area contributed by atoms with Crippen LogP contribution in [0.5, 0.6) is 0 Å². The topological polar surface area (TPSA) is 44.8 Å². The monoisotopic (exact) mass is 297 g/mol. The van der Waals surface area contributed by atoms with E-state index in [9.17, 15) is 4.79 Å². The maximum atomic E-state index is 11.8. The summed E-state index contributed by atoms with van der Waals surface area (Å²) >= 11 is 0. The lowest BCUT2D eigenvalue weighted by atomic mass is 9.96. The lowest BCUT2D eigenvalue weighted by Gasteiger charge is -2.32. The van der Waals surface area contributed by atoms with Gasteiger partial charge in [-0.25, -0.2) is 0 Å². The van der Waals surface area contributed by atoms with Crippen LogP contribution in [0, 0.1) is 5.92 Å². The third-order valence-electron chi connectivity index (χ3n) is 4.71. The molecule has 0 aromatic carbocycles. The summed E-state index contributed by atoms with van der Waals surface area (Å²) in [5.41, 5.74) is 0. The van der Waals surface area contributed by atoms with Crippen molar-refractivity contribution in [2.75, 3.05) is 47.4 Å². The van der Waals surface area contributed by atoms with Crippen molar-refractivity contribution in [3.63, 3.8) is 0 Å². The van der Waals surface area contributed by atoms with Crippen molar-refractivity contribution in [2.45, 2.75) is 44.2 Å². The summed E-state index contributed by atoms with van der Waals surface area (Å²) in [5.74, 6) is 0.689. The second kappa shape index (κ2) is 8.11. The first-order valence-corrected chi connectivity index (χ1v) is 8.29. The molecule has 1 N–H and O–H groups in total. The van der Waals surface area contributed by atoms with Gasteiger partial charge >= 0.3 is 5.97 Å². The number of rotatable bonds is 8. The first-order chi connectivity index (χ1) is 10.1. The molecule has 5 heteroatoms. The Labute approximate surface area is 129 Å². The average Bonchev–Trinajstić information content (AvgIpc) is 3.29. The highest BCUT2D eigenvalue weighted by Gasteiger charge is 2.29. The summed E-state index contributed by atoms with van der Waals surface area (Å²) in [6, 6.07) is 0.399. The second-order valence-corrected chi connectivity index (χ2v) is 6.81. The van der Waals surface area contributed by atoms with E-state index >= 15 is 0 Å². The van der Waals surface area contributed by atoms with E-state index in [2.05, 4.69) is 29.2 Å². The van der Waals surface area contributed by atoms with Crippen LogP contribution in [0.15, 0.2) is 0 Å². The number of carbonyl (C=O) groups excluding carboxylic acids is 1. The molecule has 2 fully saturated rings. The van der Waals surface area contributed by atoms with E-state index in [-0.39, 0.29) is 12.0 Å². The van der Waals surface area contributed by atoms with Crippen LogP contribution in [0.4, 0.5) is 0 Å². The standard InChI is InChI=1S/C16H31N3O2/c1-18-9-6-13(7-10-18)12-19(2)11-8-15(16(20)21-3)17-14-4-5-14/h13-15,17H,4-12H2,1-3H3. The Morgan fingerprint density at radius 2 is 2.00 bits per heavy atom. The van der Waals surface area contributed by atoms with E-state index in [1.54, 1.807) is 0 Å². The van der Waals surface area contributed by atoms with Gasteiger partial charge in [-0.15, -0.1) is 0 Å². The molecule has 0 aromatic heterocycles. The maximum absolute atomic E-state index is 11.8. The number of piperidine rings is 1. The van der Waals surface area contributed by atoms with E-state index in [1.165, 1.54) is 45.9 Å². The summed E-state index contributed by atoms with van der Waals surface area (Å²) in [6.45, 7) is 4.52. The molecule has 5 nitrogen and oxygen atoms in total. The number of nitrogens with one attached hydrogen (secondary N) is 1. The van der Waals surface area contributed by atoms with E-state index in [0.717, 1.165) is 25.4 Å². The lowest BCUT2D eigenvalue weighted by Crippen LogP contribution is -2.42. The molecular formula is C16H31N3O2.